The van der Waals surface area contributed by atoms with Crippen LogP contribution in [0, 0.1) is 0 Å². The van der Waals surface area contributed by atoms with Gasteiger partial charge in [-0.2, -0.15) is 0 Å². The molecule has 1 aliphatic rings. The zero-order valence-corrected chi connectivity index (χ0v) is 16.5. The summed E-state index contributed by atoms with van der Waals surface area (Å²) in [7, 11) is -3.62. The average molecular weight is 398 g/mol. The molecule has 2 aromatic rings. The third-order valence-corrected chi connectivity index (χ3v) is 5.91. The molecule has 1 N–H and O–H groups in total. The van der Waals surface area contributed by atoms with Crippen molar-refractivity contribution in [3.05, 3.63) is 78.4 Å². The van der Waals surface area contributed by atoms with Crippen molar-refractivity contribution in [1.82, 2.24) is 9.62 Å². The fourth-order valence-corrected chi connectivity index (χ4v) is 4.34. The highest BCUT2D eigenvalue weighted by Crippen LogP contribution is 2.22. The molecule has 1 aliphatic heterocycles. The lowest BCUT2D eigenvalue weighted by molar-refractivity contribution is -0.131. The Bertz CT molecular complexity index is 1000. The quantitative estimate of drug-likeness (QED) is 0.729. The molecule has 28 heavy (non-hydrogen) atoms. The third-order valence-electron chi connectivity index (χ3n) is 4.52. The SMILES string of the molecule is C=CCN(CCc1ccccc1)C(=O)[C@H](C)N=C1NS(=O)(=O)c2ccccc21. The van der Waals surface area contributed by atoms with E-state index in [-0.39, 0.29) is 16.6 Å². The minimum atomic E-state index is -3.62. The second kappa shape index (κ2) is 8.39. The minimum Gasteiger partial charge on any atom is -0.337 e. The van der Waals surface area contributed by atoms with Crippen LogP contribution in [0.2, 0.25) is 0 Å². The van der Waals surface area contributed by atoms with Crippen LogP contribution in [0.15, 0.2) is 77.1 Å². The first-order chi connectivity index (χ1) is 13.4. The fourth-order valence-electron chi connectivity index (χ4n) is 3.10. The molecule has 7 heteroatoms. The number of amidine groups is 1. The van der Waals surface area contributed by atoms with E-state index in [4.69, 9.17) is 0 Å². The molecule has 3 rings (SSSR count). The predicted octanol–water partition coefficient (Wildman–Crippen LogP) is 2.37. The zero-order chi connectivity index (χ0) is 20.1. The Morgan fingerprint density at radius 3 is 2.57 bits per heavy atom. The molecule has 2 aromatic carbocycles. The smallest absolute Gasteiger partial charge is 0.263 e. The van der Waals surface area contributed by atoms with Crippen LogP contribution in [0.1, 0.15) is 18.1 Å². The lowest BCUT2D eigenvalue weighted by atomic mass is 10.1. The van der Waals surface area contributed by atoms with Crippen LogP contribution in [0.4, 0.5) is 0 Å². The van der Waals surface area contributed by atoms with Crippen LogP contribution in [0.25, 0.3) is 0 Å². The summed E-state index contributed by atoms with van der Waals surface area (Å²) in [5.41, 5.74) is 1.63. The largest absolute Gasteiger partial charge is 0.337 e. The Labute approximate surface area is 165 Å². The molecule has 0 unspecified atom stereocenters. The van der Waals surface area contributed by atoms with E-state index in [0.717, 1.165) is 12.0 Å². The van der Waals surface area contributed by atoms with Crippen molar-refractivity contribution in [3.8, 4) is 0 Å². The maximum absolute atomic E-state index is 12.9. The highest BCUT2D eigenvalue weighted by atomic mass is 32.2. The first-order valence-electron chi connectivity index (χ1n) is 9.06. The van der Waals surface area contributed by atoms with Gasteiger partial charge in [-0.1, -0.05) is 48.5 Å². The Morgan fingerprint density at radius 1 is 1.18 bits per heavy atom. The van der Waals surface area contributed by atoms with Crippen molar-refractivity contribution in [2.75, 3.05) is 13.1 Å². The molecule has 1 atom stereocenters. The molecule has 0 bridgehead atoms. The minimum absolute atomic E-state index is 0.174. The highest BCUT2D eigenvalue weighted by molar-refractivity contribution is 7.90. The van der Waals surface area contributed by atoms with Crippen molar-refractivity contribution in [1.29, 1.82) is 0 Å². The summed E-state index contributed by atoms with van der Waals surface area (Å²) in [6, 6.07) is 15.8. The molecule has 0 aliphatic carbocycles. The third kappa shape index (κ3) is 4.31. The van der Waals surface area contributed by atoms with Gasteiger partial charge in [0.15, 0.2) is 0 Å². The molecule has 0 saturated carbocycles. The molecule has 0 fully saturated rings. The summed E-state index contributed by atoms with van der Waals surface area (Å²) in [5.74, 6) is 0.0324. The topological polar surface area (TPSA) is 78.8 Å². The summed E-state index contributed by atoms with van der Waals surface area (Å²) < 4.78 is 26.9. The van der Waals surface area contributed by atoms with E-state index in [9.17, 15) is 13.2 Å². The second-order valence-electron chi connectivity index (χ2n) is 6.56. The number of fused-ring (bicyclic) bond motifs is 1. The summed E-state index contributed by atoms with van der Waals surface area (Å²) in [4.78, 5) is 19.1. The summed E-state index contributed by atoms with van der Waals surface area (Å²) in [6.45, 7) is 6.34. The lowest BCUT2D eigenvalue weighted by Gasteiger charge is -2.23. The molecule has 6 nitrogen and oxygen atoms in total. The number of sulfonamides is 1. The van der Waals surface area contributed by atoms with E-state index >= 15 is 0 Å². The number of carbonyl (C=O) groups excluding carboxylic acids is 1. The van der Waals surface area contributed by atoms with Gasteiger partial charge in [0.2, 0.25) is 5.91 Å². The normalized spacial score (nSPS) is 16.8. The lowest BCUT2D eigenvalue weighted by Crippen LogP contribution is -2.39. The summed E-state index contributed by atoms with van der Waals surface area (Å²) in [5, 5.41) is 0. The molecule has 0 aromatic heterocycles. The molecule has 146 valence electrons. The van der Waals surface area contributed by atoms with Crippen molar-refractivity contribution in [3.63, 3.8) is 0 Å². The number of carbonyl (C=O) groups is 1. The van der Waals surface area contributed by atoms with Gasteiger partial charge in [0.1, 0.15) is 11.9 Å². The number of hydrogen-bond acceptors (Lipinski definition) is 4. The van der Waals surface area contributed by atoms with Crippen LogP contribution in [0.5, 0.6) is 0 Å². The maximum atomic E-state index is 12.9. The molecular formula is C21H23N3O3S. The Morgan fingerprint density at radius 2 is 1.86 bits per heavy atom. The van der Waals surface area contributed by atoms with Crippen LogP contribution >= 0.6 is 0 Å². The van der Waals surface area contributed by atoms with Crippen molar-refractivity contribution in [2.24, 2.45) is 4.99 Å². The van der Waals surface area contributed by atoms with E-state index in [1.807, 2.05) is 30.3 Å². The Hall–Kier alpha value is -2.93. The molecule has 0 radical (unpaired) electrons. The van der Waals surface area contributed by atoms with Gasteiger partial charge in [0.05, 0.1) is 4.90 Å². The van der Waals surface area contributed by atoms with Crippen molar-refractivity contribution in [2.45, 2.75) is 24.3 Å². The van der Waals surface area contributed by atoms with Gasteiger partial charge in [-0.05, 0) is 31.0 Å². The van der Waals surface area contributed by atoms with E-state index in [1.54, 1.807) is 36.1 Å². The van der Waals surface area contributed by atoms with E-state index in [2.05, 4.69) is 16.3 Å². The summed E-state index contributed by atoms with van der Waals surface area (Å²) in [6.07, 6.45) is 2.40. The number of nitrogens with one attached hydrogen (secondary N) is 1. The molecule has 0 spiro atoms. The van der Waals surface area contributed by atoms with E-state index < -0.39 is 16.1 Å². The van der Waals surface area contributed by atoms with Gasteiger partial charge in [-0.25, -0.2) is 8.42 Å². The fraction of sp³-hybridized carbons (Fsp3) is 0.238. The van der Waals surface area contributed by atoms with Crippen molar-refractivity contribution < 1.29 is 13.2 Å². The monoisotopic (exact) mass is 397 g/mol. The van der Waals surface area contributed by atoms with Crippen LogP contribution in [-0.2, 0) is 21.2 Å². The van der Waals surface area contributed by atoms with Gasteiger partial charge < -0.3 is 4.90 Å². The summed E-state index contributed by atoms with van der Waals surface area (Å²) >= 11 is 0. The van der Waals surface area contributed by atoms with Gasteiger partial charge in [0.25, 0.3) is 10.0 Å². The van der Waals surface area contributed by atoms with Gasteiger partial charge in [0, 0.05) is 18.7 Å². The van der Waals surface area contributed by atoms with Crippen LogP contribution < -0.4 is 4.72 Å². The van der Waals surface area contributed by atoms with Crippen LogP contribution in [-0.4, -0.2) is 44.2 Å². The average Bonchev–Trinajstić information content (AvgIpc) is 2.95. The van der Waals surface area contributed by atoms with Gasteiger partial charge >= 0.3 is 0 Å². The molecular weight excluding hydrogens is 374 g/mol. The van der Waals surface area contributed by atoms with Crippen molar-refractivity contribution >= 4 is 21.8 Å². The molecule has 0 saturated heterocycles. The second-order valence-corrected chi connectivity index (χ2v) is 8.21. The maximum Gasteiger partial charge on any atom is 0.263 e. The number of aliphatic imine (C=N–C) groups is 1. The standard InChI is InChI=1S/C21H23N3O3S/c1-3-14-24(15-13-17-9-5-4-6-10-17)21(25)16(2)22-20-18-11-7-8-12-19(18)28(26,27)23-20/h3-12,16H,1,13-15H2,2H3,(H,22,23)/t16-/m0/s1. The van der Waals surface area contributed by atoms with Gasteiger partial charge in [-0.3, -0.25) is 14.5 Å². The molecule has 1 amide bonds. The Balaban J connectivity index is 1.76. The van der Waals surface area contributed by atoms with E-state index in [1.165, 1.54) is 6.07 Å². The number of hydrogen-bond donors (Lipinski definition) is 1. The number of benzene rings is 2. The zero-order valence-electron chi connectivity index (χ0n) is 15.7. The number of nitrogens with zero attached hydrogens (tertiary/aromatic N) is 2. The highest BCUT2D eigenvalue weighted by Gasteiger charge is 2.31. The molecule has 1 heterocycles. The first kappa shape index (κ1) is 19.8. The number of rotatable bonds is 7. The van der Waals surface area contributed by atoms with Gasteiger partial charge in [-0.15, -0.1) is 6.58 Å². The van der Waals surface area contributed by atoms with E-state index in [0.29, 0.717) is 18.7 Å². The van der Waals surface area contributed by atoms with Crippen LogP contribution in [0.3, 0.4) is 0 Å². The Kier molecular flexibility index (Phi) is 5.94. The predicted molar refractivity (Wildman–Crippen MR) is 110 cm³/mol. The first-order valence-corrected chi connectivity index (χ1v) is 10.5. The number of amides is 1.